The summed E-state index contributed by atoms with van der Waals surface area (Å²) < 4.78 is 0. The van der Waals surface area contributed by atoms with E-state index < -0.39 is 0 Å². The lowest BCUT2D eigenvalue weighted by Gasteiger charge is -2.39. The van der Waals surface area contributed by atoms with Crippen LogP contribution in [0.25, 0.3) is 10.9 Å². The first-order valence-corrected chi connectivity index (χ1v) is 11.0. The van der Waals surface area contributed by atoms with Gasteiger partial charge in [0, 0.05) is 60.5 Å². The van der Waals surface area contributed by atoms with Crippen molar-refractivity contribution in [1.82, 2.24) is 25.1 Å². The van der Waals surface area contributed by atoms with Crippen LogP contribution in [0, 0.1) is 25.2 Å². The van der Waals surface area contributed by atoms with Gasteiger partial charge in [-0.3, -0.25) is 15.0 Å². The number of aromatic amines is 1. The minimum absolute atomic E-state index is 0.370. The van der Waals surface area contributed by atoms with Gasteiger partial charge in [0.25, 0.3) is 0 Å². The molecule has 160 valence electrons. The molecule has 0 aromatic carbocycles. The summed E-state index contributed by atoms with van der Waals surface area (Å²) in [5.74, 6) is 2.34. The second-order valence-corrected chi connectivity index (χ2v) is 8.84. The number of H-pyrrole nitrogens is 1. The molecule has 8 nitrogen and oxygen atoms in total. The smallest absolute Gasteiger partial charge is 0.153 e. The predicted molar refractivity (Wildman–Crippen MR) is 121 cm³/mol. The average molecular weight is 417 g/mol. The molecule has 0 amide bonds. The summed E-state index contributed by atoms with van der Waals surface area (Å²) in [6.45, 7) is 4.93. The first-order valence-electron chi connectivity index (χ1n) is 11.0. The van der Waals surface area contributed by atoms with Gasteiger partial charge in [0.1, 0.15) is 11.6 Å². The van der Waals surface area contributed by atoms with Crippen molar-refractivity contribution in [2.45, 2.75) is 64.1 Å². The van der Waals surface area contributed by atoms with Crippen LogP contribution in [0.3, 0.4) is 0 Å². The molecule has 5 heterocycles. The molecule has 2 aliphatic heterocycles. The Bertz CT molecular complexity index is 1120. The number of hydrogen-bond donors (Lipinski definition) is 3. The Labute approximate surface area is 182 Å². The van der Waals surface area contributed by atoms with Gasteiger partial charge in [-0.1, -0.05) is 0 Å². The number of fused-ring (bicyclic) bond motifs is 3. The average Bonchev–Trinajstić information content (AvgIpc) is 3.25. The zero-order valence-corrected chi connectivity index (χ0v) is 18.0. The predicted octanol–water partition coefficient (Wildman–Crippen LogP) is 4.03. The van der Waals surface area contributed by atoms with E-state index in [2.05, 4.69) is 49.8 Å². The van der Waals surface area contributed by atoms with Gasteiger partial charge >= 0.3 is 0 Å². The van der Waals surface area contributed by atoms with E-state index in [4.69, 9.17) is 10.2 Å². The molecule has 3 aromatic rings. The van der Waals surface area contributed by atoms with E-state index in [-0.39, 0.29) is 0 Å². The van der Waals surface area contributed by atoms with Crippen LogP contribution in [0.15, 0.2) is 24.4 Å². The van der Waals surface area contributed by atoms with Crippen molar-refractivity contribution < 1.29 is 0 Å². The van der Waals surface area contributed by atoms with Crippen molar-refractivity contribution >= 4 is 28.4 Å². The van der Waals surface area contributed by atoms with Crippen LogP contribution in [0.1, 0.15) is 43.4 Å². The molecule has 2 fully saturated rings. The maximum atomic E-state index is 8.98. The monoisotopic (exact) mass is 416 g/mol. The molecule has 8 heteroatoms. The van der Waals surface area contributed by atoms with Gasteiger partial charge in [-0.2, -0.15) is 10.4 Å². The molecular weight excluding hydrogens is 388 g/mol. The number of anilines is 3. The largest absolute Gasteiger partial charge is 0.367 e. The van der Waals surface area contributed by atoms with Crippen LogP contribution in [-0.4, -0.2) is 49.7 Å². The summed E-state index contributed by atoms with van der Waals surface area (Å²) in [6, 6.07) is 9.86. The van der Waals surface area contributed by atoms with E-state index in [1.807, 2.05) is 25.3 Å². The van der Waals surface area contributed by atoms with Crippen LogP contribution >= 0.6 is 0 Å². The minimum Gasteiger partial charge on any atom is -0.367 e. The second-order valence-electron chi connectivity index (χ2n) is 8.84. The molecule has 0 radical (unpaired) electrons. The zero-order valence-electron chi connectivity index (χ0n) is 18.0. The molecule has 3 N–H and O–H groups in total. The lowest BCUT2D eigenvalue weighted by Crippen LogP contribution is -2.47. The molecular formula is C23H28N8. The van der Waals surface area contributed by atoms with Gasteiger partial charge in [-0.05, 0) is 51.2 Å². The standard InChI is InChI=1S/C23H28N8/c1-14-8-19-20(25-13-14)12-21(27-22-9-15(2)29-30-22)28-23(19)26-16-10-17-4-5-18(11-16)31(17)7-3-6-24/h8-9,12-13,16-18H,3-5,7,10-11H2,1-2H3,(H3,26,27,28,29,30)/t16?,17-,18+. The molecule has 0 aliphatic carbocycles. The second kappa shape index (κ2) is 8.16. The molecule has 2 bridgehead atoms. The van der Waals surface area contributed by atoms with Gasteiger partial charge in [-0.15, -0.1) is 0 Å². The Kier molecular flexibility index (Phi) is 5.20. The van der Waals surface area contributed by atoms with E-state index in [1.165, 1.54) is 12.8 Å². The molecule has 3 atom stereocenters. The number of nitrogens with zero attached hydrogens (tertiary/aromatic N) is 5. The fourth-order valence-electron chi connectivity index (χ4n) is 5.14. The molecule has 0 saturated carbocycles. The summed E-state index contributed by atoms with van der Waals surface area (Å²) in [7, 11) is 0. The summed E-state index contributed by atoms with van der Waals surface area (Å²) in [5, 5.41) is 24.3. The summed E-state index contributed by atoms with van der Waals surface area (Å²) in [5.41, 5.74) is 3.02. The highest BCUT2D eigenvalue weighted by Gasteiger charge is 2.40. The third-order valence-corrected chi connectivity index (χ3v) is 6.49. The number of aryl methyl sites for hydroxylation is 2. The Morgan fingerprint density at radius 1 is 1.16 bits per heavy atom. The fourth-order valence-corrected chi connectivity index (χ4v) is 5.14. The van der Waals surface area contributed by atoms with Crippen LogP contribution < -0.4 is 10.6 Å². The highest BCUT2D eigenvalue weighted by molar-refractivity contribution is 5.92. The third kappa shape index (κ3) is 4.06. The first-order chi connectivity index (χ1) is 15.1. The Balaban J connectivity index is 1.41. The highest BCUT2D eigenvalue weighted by atomic mass is 15.2. The summed E-state index contributed by atoms with van der Waals surface area (Å²) in [4.78, 5) is 12.1. The van der Waals surface area contributed by atoms with Crippen LogP contribution in [-0.2, 0) is 0 Å². The van der Waals surface area contributed by atoms with E-state index in [0.29, 0.717) is 24.5 Å². The number of rotatable bonds is 6. The molecule has 1 unspecified atom stereocenters. The minimum atomic E-state index is 0.370. The van der Waals surface area contributed by atoms with E-state index in [0.717, 1.165) is 59.0 Å². The number of nitriles is 1. The van der Waals surface area contributed by atoms with Gasteiger partial charge in [0.2, 0.25) is 0 Å². The third-order valence-electron chi connectivity index (χ3n) is 6.49. The van der Waals surface area contributed by atoms with Crippen molar-refractivity contribution in [2.24, 2.45) is 0 Å². The SMILES string of the molecule is Cc1cnc2cc(Nc3cc(C)[nH]n3)nc(NC3C[C@H]4CC[C@@H](C3)N4CCC#N)c2c1. The van der Waals surface area contributed by atoms with Crippen molar-refractivity contribution in [3.05, 3.63) is 35.7 Å². The lowest BCUT2D eigenvalue weighted by atomic mass is 9.97. The maximum Gasteiger partial charge on any atom is 0.153 e. The molecule has 3 aromatic heterocycles. The van der Waals surface area contributed by atoms with Crippen molar-refractivity contribution in [3.8, 4) is 6.07 Å². The normalized spacial score (nSPS) is 23.1. The van der Waals surface area contributed by atoms with Crippen LogP contribution in [0.5, 0.6) is 0 Å². The van der Waals surface area contributed by atoms with E-state index in [9.17, 15) is 0 Å². The fraction of sp³-hybridized carbons (Fsp3) is 0.478. The molecule has 5 rings (SSSR count). The number of piperidine rings is 1. The maximum absolute atomic E-state index is 8.98. The van der Waals surface area contributed by atoms with Gasteiger partial charge in [-0.25, -0.2) is 4.98 Å². The van der Waals surface area contributed by atoms with E-state index in [1.54, 1.807) is 0 Å². The Hall–Kier alpha value is -3.18. The number of nitrogens with one attached hydrogen (secondary N) is 3. The zero-order chi connectivity index (χ0) is 21.4. The van der Waals surface area contributed by atoms with Crippen molar-refractivity contribution in [3.63, 3.8) is 0 Å². The lowest BCUT2D eigenvalue weighted by molar-refractivity contribution is 0.136. The highest BCUT2D eigenvalue weighted by Crippen LogP contribution is 2.37. The van der Waals surface area contributed by atoms with Gasteiger partial charge in [0.05, 0.1) is 11.6 Å². The summed E-state index contributed by atoms with van der Waals surface area (Å²) >= 11 is 0. The van der Waals surface area contributed by atoms with Crippen LogP contribution in [0.4, 0.5) is 17.5 Å². The first kappa shape index (κ1) is 19.8. The van der Waals surface area contributed by atoms with Crippen molar-refractivity contribution in [2.75, 3.05) is 17.2 Å². The Morgan fingerprint density at radius 2 is 1.97 bits per heavy atom. The molecule has 2 aliphatic rings. The number of hydrogen-bond acceptors (Lipinski definition) is 7. The van der Waals surface area contributed by atoms with E-state index >= 15 is 0 Å². The number of pyridine rings is 2. The topological polar surface area (TPSA) is 106 Å². The van der Waals surface area contributed by atoms with Crippen LogP contribution in [0.2, 0.25) is 0 Å². The molecule has 0 spiro atoms. The van der Waals surface area contributed by atoms with Crippen molar-refractivity contribution in [1.29, 1.82) is 5.26 Å². The quantitative estimate of drug-likeness (QED) is 0.557. The molecule has 2 saturated heterocycles. The van der Waals surface area contributed by atoms with Gasteiger partial charge in [0.15, 0.2) is 5.82 Å². The molecule has 31 heavy (non-hydrogen) atoms. The Morgan fingerprint density at radius 3 is 2.68 bits per heavy atom. The number of aromatic nitrogens is 4. The van der Waals surface area contributed by atoms with Gasteiger partial charge < -0.3 is 10.6 Å². The summed E-state index contributed by atoms with van der Waals surface area (Å²) in [6.07, 6.45) is 7.12.